The van der Waals surface area contributed by atoms with Crippen molar-refractivity contribution >= 4 is 0 Å². The lowest BCUT2D eigenvalue weighted by molar-refractivity contribution is -0.139. The molecular formula is C17H14F4O2. The van der Waals surface area contributed by atoms with Crippen molar-refractivity contribution in [2.24, 2.45) is 0 Å². The van der Waals surface area contributed by atoms with E-state index in [2.05, 4.69) is 0 Å². The van der Waals surface area contributed by atoms with Crippen molar-refractivity contribution in [1.29, 1.82) is 0 Å². The van der Waals surface area contributed by atoms with E-state index < -0.39 is 30.3 Å². The van der Waals surface area contributed by atoms with Gasteiger partial charge in [-0.1, -0.05) is 18.2 Å². The normalized spacial score (nSPS) is 17.9. The minimum Gasteiger partial charge on any atom is -0.392 e. The number of ether oxygens (including phenoxy) is 1. The number of hydrogen-bond donors (Lipinski definition) is 1. The average Bonchev–Trinajstić information content (AvgIpc) is 2.52. The molecule has 0 fully saturated rings. The third-order valence-corrected chi connectivity index (χ3v) is 3.97. The molecule has 6 heteroatoms. The number of halogens is 4. The molecule has 3 rings (SSSR count). The van der Waals surface area contributed by atoms with Crippen LogP contribution in [-0.4, -0.2) is 11.7 Å². The highest BCUT2D eigenvalue weighted by Crippen LogP contribution is 2.40. The first kappa shape index (κ1) is 16.0. The fraction of sp³-hybridized carbons (Fsp3) is 0.294. The lowest BCUT2D eigenvalue weighted by Gasteiger charge is -2.29. The molecule has 1 aliphatic heterocycles. The lowest BCUT2D eigenvalue weighted by atomic mass is 9.89. The van der Waals surface area contributed by atoms with Crippen LogP contribution >= 0.6 is 0 Å². The Morgan fingerprint density at radius 3 is 2.57 bits per heavy atom. The topological polar surface area (TPSA) is 29.5 Å². The molecule has 0 saturated heterocycles. The molecule has 2 aromatic rings. The Morgan fingerprint density at radius 1 is 1.13 bits per heavy atom. The fourth-order valence-corrected chi connectivity index (χ4v) is 2.88. The number of fused-ring (bicyclic) bond motifs is 1. The predicted molar refractivity (Wildman–Crippen MR) is 75.3 cm³/mol. The summed E-state index contributed by atoms with van der Waals surface area (Å²) in [5, 5.41) is 9.20. The number of benzene rings is 2. The molecule has 0 saturated carbocycles. The van der Waals surface area contributed by atoms with Gasteiger partial charge in [-0.05, 0) is 41.3 Å². The van der Waals surface area contributed by atoms with E-state index in [0.29, 0.717) is 17.5 Å². The van der Waals surface area contributed by atoms with E-state index in [4.69, 9.17) is 4.74 Å². The Morgan fingerprint density at radius 2 is 1.87 bits per heavy atom. The van der Waals surface area contributed by atoms with Crippen molar-refractivity contribution in [2.75, 3.05) is 6.61 Å². The first-order valence-corrected chi connectivity index (χ1v) is 7.11. The minimum absolute atomic E-state index is 0.00329. The zero-order chi connectivity index (χ0) is 16.6. The summed E-state index contributed by atoms with van der Waals surface area (Å²) in [6.07, 6.45) is -5.01. The van der Waals surface area contributed by atoms with Gasteiger partial charge in [0.2, 0.25) is 0 Å². The van der Waals surface area contributed by atoms with Crippen LogP contribution in [0.1, 0.15) is 33.9 Å². The molecule has 1 atom stereocenters. The maximum Gasteiger partial charge on any atom is 0.416 e. The van der Waals surface area contributed by atoms with Crippen molar-refractivity contribution in [3.8, 4) is 0 Å². The number of aliphatic hydroxyl groups is 1. The number of alkyl halides is 3. The smallest absolute Gasteiger partial charge is 0.392 e. The van der Waals surface area contributed by atoms with E-state index in [-0.39, 0.29) is 17.7 Å². The molecule has 23 heavy (non-hydrogen) atoms. The third kappa shape index (κ3) is 2.96. The maximum atomic E-state index is 13.8. The van der Waals surface area contributed by atoms with Crippen molar-refractivity contribution < 1.29 is 27.4 Å². The molecule has 1 unspecified atom stereocenters. The van der Waals surface area contributed by atoms with E-state index in [0.717, 1.165) is 6.07 Å². The van der Waals surface area contributed by atoms with Crippen molar-refractivity contribution in [3.63, 3.8) is 0 Å². The van der Waals surface area contributed by atoms with Crippen LogP contribution in [0.15, 0.2) is 36.4 Å². The van der Waals surface area contributed by atoms with E-state index in [1.807, 2.05) is 0 Å². The van der Waals surface area contributed by atoms with Crippen LogP contribution in [0, 0.1) is 5.82 Å². The minimum atomic E-state index is -4.50. The predicted octanol–water partition coefficient (Wildman–Crippen LogP) is 4.00. The quantitative estimate of drug-likeness (QED) is 0.845. The van der Waals surface area contributed by atoms with Gasteiger partial charge in [-0.3, -0.25) is 0 Å². The second kappa shape index (κ2) is 5.94. The van der Waals surface area contributed by atoms with Gasteiger partial charge in [0.15, 0.2) is 0 Å². The van der Waals surface area contributed by atoms with Crippen LogP contribution in [-0.2, 0) is 23.9 Å². The van der Waals surface area contributed by atoms with Gasteiger partial charge in [-0.25, -0.2) is 4.39 Å². The van der Waals surface area contributed by atoms with Gasteiger partial charge >= 0.3 is 6.18 Å². The van der Waals surface area contributed by atoms with Crippen LogP contribution in [0.3, 0.4) is 0 Å². The third-order valence-electron chi connectivity index (χ3n) is 3.97. The van der Waals surface area contributed by atoms with Crippen molar-refractivity contribution in [2.45, 2.75) is 25.3 Å². The van der Waals surface area contributed by atoms with Crippen LogP contribution in [0.5, 0.6) is 0 Å². The van der Waals surface area contributed by atoms with Crippen LogP contribution in [0.4, 0.5) is 17.6 Å². The number of aliphatic hydroxyl groups excluding tert-OH is 1. The summed E-state index contributed by atoms with van der Waals surface area (Å²) in [5.41, 5.74) is 0.347. The standard InChI is InChI=1S/C17H14F4O2/c18-15-8-10-5-6-23-16(13(10)7-11(15)9-22)12-3-1-2-4-14(12)17(19,20)21/h1-4,7-8,16,22H,5-6,9H2. The Balaban J connectivity index is 2.15. The SMILES string of the molecule is OCc1cc2c(cc1F)CCOC2c1ccccc1C(F)(F)F. The van der Waals surface area contributed by atoms with Gasteiger partial charge in [-0.15, -0.1) is 0 Å². The van der Waals surface area contributed by atoms with Gasteiger partial charge in [0.1, 0.15) is 11.9 Å². The van der Waals surface area contributed by atoms with Crippen molar-refractivity contribution in [3.05, 3.63) is 70.0 Å². The van der Waals surface area contributed by atoms with E-state index in [1.165, 1.54) is 30.3 Å². The van der Waals surface area contributed by atoms with Gasteiger partial charge < -0.3 is 9.84 Å². The molecule has 0 aliphatic carbocycles. The number of hydrogen-bond acceptors (Lipinski definition) is 2. The molecule has 1 aliphatic rings. The summed E-state index contributed by atoms with van der Waals surface area (Å²) in [7, 11) is 0. The zero-order valence-electron chi connectivity index (χ0n) is 12.0. The lowest BCUT2D eigenvalue weighted by Crippen LogP contribution is -2.21. The highest BCUT2D eigenvalue weighted by Gasteiger charge is 2.37. The molecule has 0 amide bonds. The van der Waals surface area contributed by atoms with Gasteiger partial charge in [0, 0.05) is 5.56 Å². The molecule has 2 aromatic carbocycles. The van der Waals surface area contributed by atoms with E-state index in [1.54, 1.807) is 0 Å². The molecule has 1 N–H and O–H groups in total. The summed E-state index contributed by atoms with van der Waals surface area (Å²) < 4.78 is 59.1. The van der Waals surface area contributed by atoms with Gasteiger partial charge in [0.25, 0.3) is 0 Å². The Bertz CT molecular complexity index is 725. The summed E-state index contributed by atoms with van der Waals surface area (Å²) in [6, 6.07) is 7.86. The Hall–Kier alpha value is -1.92. The summed E-state index contributed by atoms with van der Waals surface area (Å²) in [4.78, 5) is 0. The molecule has 0 spiro atoms. The van der Waals surface area contributed by atoms with Crippen LogP contribution in [0.2, 0.25) is 0 Å². The molecular weight excluding hydrogens is 312 g/mol. The van der Waals surface area contributed by atoms with Gasteiger partial charge in [-0.2, -0.15) is 13.2 Å². The highest BCUT2D eigenvalue weighted by molar-refractivity contribution is 5.44. The summed E-state index contributed by atoms with van der Waals surface area (Å²) in [5.74, 6) is -0.559. The second-order valence-corrected chi connectivity index (χ2v) is 5.39. The second-order valence-electron chi connectivity index (χ2n) is 5.39. The van der Waals surface area contributed by atoms with E-state index in [9.17, 15) is 22.7 Å². The molecule has 0 radical (unpaired) electrons. The fourth-order valence-electron chi connectivity index (χ4n) is 2.88. The summed E-state index contributed by atoms with van der Waals surface area (Å²) >= 11 is 0. The van der Waals surface area contributed by atoms with Crippen LogP contribution < -0.4 is 0 Å². The molecule has 122 valence electrons. The zero-order valence-corrected chi connectivity index (χ0v) is 12.0. The summed E-state index contributed by atoms with van der Waals surface area (Å²) in [6.45, 7) is -0.311. The largest absolute Gasteiger partial charge is 0.416 e. The molecule has 0 bridgehead atoms. The Kier molecular flexibility index (Phi) is 4.12. The average molecular weight is 326 g/mol. The van der Waals surface area contributed by atoms with Gasteiger partial charge in [0.05, 0.1) is 18.8 Å². The molecule has 2 nitrogen and oxygen atoms in total. The molecule has 1 heterocycles. The first-order chi connectivity index (χ1) is 10.9. The Labute approximate surface area is 130 Å². The maximum absolute atomic E-state index is 13.8. The highest BCUT2D eigenvalue weighted by atomic mass is 19.4. The first-order valence-electron chi connectivity index (χ1n) is 7.11. The molecule has 0 aromatic heterocycles. The monoisotopic (exact) mass is 326 g/mol. The van der Waals surface area contributed by atoms with Crippen LogP contribution in [0.25, 0.3) is 0 Å². The number of rotatable bonds is 2. The van der Waals surface area contributed by atoms with Crippen molar-refractivity contribution in [1.82, 2.24) is 0 Å². The van der Waals surface area contributed by atoms with E-state index >= 15 is 0 Å².